The highest BCUT2D eigenvalue weighted by molar-refractivity contribution is 9.10. The van der Waals surface area contributed by atoms with E-state index >= 15 is 0 Å². The maximum absolute atomic E-state index is 12.4. The van der Waals surface area contributed by atoms with Crippen molar-refractivity contribution in [1.82, 2.24) is 4.98 Å². The smallest absolute Gasteiger partial charge is 0.278 e. The van der Waals surface area contributed by atoms with Crippen LogP contribution in [0, 0.1) is 13.8 Å². The van der Waals surface area contributed by atoms with Crippen molar-refractivity contribution in [3.05, 3.63) is 57.3 Å². The molecule has 0 saturated carbocycles. The van der Waals surface area contributed by atoms with Crippen molar-refractivity contribution in [3.63, 3.8) is 0 Å². The monoisotopic (exact) mass is 376 g/mol. The Bertz CT molecular complexity index is 838. The minimum absolute atomic E-state index is 0.281. The second kappa shape index (κ2) is 6.06. The van der Waals surface area contributed by atoms with Gasteiger partial charge in [0.2, 0.25) is 0 Å². The average molecular weight is 377 g/mol. The van der Waals surface area contributed by atoms with Crippen molar-refractivity contribution >= 4 is 38.9 Å². The summed E-state index contributed by atoms with van der Waals surface area (Å²) in [5.41, 5.74) is 2.07. The molecule has 0 saturated heterocycles. The molecule has 0 aliphatic heterocycles. The van der Waals surface area contributed by atoms with E-state index in [1.807, 2.05) is 44.2 Å². The van der Waals surface area contributed by atoms with Crippen LogP contribution >= 0.6 is 27.3 Å². The number of nitrogens with zero attached hydrogens (tertiary/aromatic N) is 1. The summed E-state index contributed by atoms with van der Waals surface area (Å²) in [6.45, 7) is 3.98. The number of rotatable bonds is 3. The number of carbonyl (C=O) groups is 1. The Labute approximate surface area is 140 Å². The molecule has 1 N–H and O–H groups in total. The number of hydrogen-bond acceptors (Lipinski definition) is 4. The molecule has 6 heteroatoms. The van der Waals surface area contributed by atoms with Crippen LogP contribution in [0.2, 0.25) is 0 Å². The summed E-state index contributed by atoms with van der Waals surface area (Å²) in [6.07, 6.45) is 1.30. The Morgan fingerprint density at radius 2 is 2.09 bits per heavy atom. The van der Waals surface area contributed by atoms with Crippen LogP contribution in [0.3, 0.4) is 0 Å². The van der Waals surface area contributed by atoms with Gasteiger partial charge in [0.25, 0.3) is 5.91 Å². The highest BCUT2D eigenvalue weighted by atomic mass is 79.9. The van der Waals surface area contributed by atoms with Crippen LogP contribution in [0.1, 0.15) is 20.9 Å². The third-order valence-electron chi connectivity index (χ3n) is 3.16. The first-order valence-electron chi connectivity index (χ1n) is 6.62. The number of oxazole rings is 1. The first-order chi connectivity index (χ1) is 10.5. The van der Waals surface area contributed by atoms with Crippen LogP contribution in [0.15, 0.2) is 45.6 Å². The summed E-state index contributed by atoms with van der Waals surface area (Å²) in [7, 11) is 0. The van der Waals surface area contributed by atoms with E-state index in [0.717, 1.165) is 25.5 Å². The van der Waals surface area contributed by atoms with Crippen LogP contribution in [0.4, 0.5) is 5.69 Å². The summed E-state index contributed by atoms with van der Waals surface area (Å²) in [4.78, 5) is 18.5. The maximum Gasteiger partial charge on any atom is 0.278 e. The number of halogens is 1. The van der Waals surface area contributed by atoms with Gasteiger partial charge in [-0.15, -0.1) is 11.3 Å². The van der Waals surface area contributed by atoms with E-state index in [0.29, 0.717) is 11.5 Å². The Morgan fingerprint density at radius 1 is 1.27 bits per heavy atom. The topological polar surface area (TPSA) is 55.1 Å². The zero-order valence-electron chi connectivity index (χ0n) is 12.0. The Kier molecular flexibility index (Phi) is 4.13. The minimum Gasteiger partial charge on any atom is -0.442 e. The van der Waals surface area contributed by atoms with Crippen LogP contribution < -0.4 is 5.32 Å². The molecular weight excluding hydrogens is 364 g/mol. The Morgan fingerprint density at radius 3 is 2.77 bits per heavy atom. The predicted octanol–water partition coefficient (Wildman–Crippen LogP) is 5.03. The maximum atomic E-state index is 12.4. The lowest BCUT2D eigenvalue weighted by molar-refractivity contribution is 0.102. The van der Waals surface area contributed by atoms with E-state index < -0.39 is 0 Å². The number of thiophene rings is 1. The molecule has 0 aliphatic rings. The number of carbonyl (C=O) groups excluding carboxylic acids is 1. The van der Waals surface area contributed by atoms with Crippen LogP contribution in [0.25, 0.3) is 10.6 Å². The molecule has 0 unspecified atom stereocenters. The third-order valence-corrected chi connectivity index (χ3v) is 5.05. The van der Waals surface area contributed by atoms with Gasteiger partial charge in [0.15, 0.2) is 17.8 Å². The lowest BCUT2D eigenvalue weighted by Crippen LogP contribution is -2.13. The van der Waals surface area contributed by atoms with Gasteiger partial charge in [-0.3, -0.25) is 4.79 Å². The van der Waals surface area contributed by atoms with Crippen LogP contribution in [0.5, 0.6) is 0 Å². The number of aromatic nitrogens is 1. The quantitative estimate of drug-likeness (QED) is 0.696. The Balaban J connectivity index is 1.87. The van der Waals surface area contributed by atoms with Crippen molar-refractivity contribution in [3.8, 4) is 10.6 Å². The molecule has 0 radical (unpaired) electrons. The van der Waals surface area contributed by atoms with Gasteiger partial charge in [0, 0.05) is 15.0 Å². The molecule has 0 fully saturated rings. The summed E-state index contributed by atoms with van der Waals surface area (Å²) in [6, 6.07) is 9.56. The van der Waals surface area contributed by atoms with Crippen LogP contribution in [-0.4, -0.2) is 10.9 Å². The zero-order valence-corrected chi connectivity index (χ0v) is 14.4. The molecule has 3 rings (SSSR count). The molecule has 112 valence electrons. The van der Waals surface area contributed by atoms with E-state index in [1.54, 1.807) is 11.3 Å². The number of nitrogens with one attached hydrogen (secondary N) is 1. The SMILES string of the molecule is Cc1ccc(-c2ocnc2C(=O)Nc2ccc(Br)c(C)c2)s1. The first-order valence-corrected chi connectivity index (χ1v) is 8.23. The molecule has 2 heterocycles. The largest absolute Gasteiger partial charge is 0.442 e. The number of benzene rings is 1. The van der Waals surface area contributed by atoms with Gasteiger partial charge in [-0.1, -0.05) is 15.9 Å². The summed E-state index contributed by atoms with van der Waals surface area (Å²) in [5.74, 6) is 0.223. The molecule has 1 aromatic carbocycles. The average Bonchev–Trinajstić information content (AvgIpc) is 3.11. The summed E-state index contributed by atoms with van der Waals surface area (Å²) < 4.78 is 6.40. The van der Waals surface area contributed by atoms with Crippen molar-refractivity contribution in [2.75, 3.05) is 5.32 Å². The number of anilines is 1. The third kappa shape index (κ3) is 2.98. The molecule has 1 amide bonds. The highest BCUT2D eigenvalue weighted by Crippen LogP contribution is 2.30. The van der Waals surface area contributed by atoms with Gasteiger partial charge in [0.05, 0.1) is 4.88 Å². The normalized spacial score (nSPS) is 10.7. The lowest BCUT2D eigenvalue weighted by Gasteiger charge is -2.06. The molecule has 22 heavy (non-hydrogen) atoms. The fourth-order valence-electron chi connectivity index (χ4n) is 2.05. The molecule has 4 nitrogen and oxygen atoms in total. The fraction of sp³-hybridized carbons (Fsp3) is 0.125. The van der Waals surface area contributed by atoms with Gasteiger partial charge < -0.3 is 9.73 Å². The van der Waals surface area contributed by atoms with Crippen molar-refractivity contribution in [2.45, 2.75) is 13.8 Å². The summed E-state index contributed by atoms with van der Waals surface area (Å²) >= 11 is 5.01. The van der Waals surface area contributed by atoms with Crippen molar-refractivity contribution in [1.29, 1.82) is 0 Å². The molecule has 0 bridgehead atoms. The van der Waals surface area contributed by atoms with Gasteiger partial charge in [-0.25, -0.2) is 4.98 Å². The predicted molar refractivity (Wildman–Crippen MR) is 91.4 cm³/mol. The molecule has 0 spiro atoms. The lowest BCUT2D eigenvalue weighted by atomic mass is 10.2. The zero-order chi connectivity index (χ0) is 15.7. The molecule has 2 aromatic heterocycles. The van der Waals surface area contributed by atoms with Gasteiger partial charge in [0.1, 0.15) is 0 Å². The molecule has 0 atom stereocenters. The second-order valence-corrected chi connectivity index (χ2v) is 7.00. The van der Waals surface area contributed by atoms with E-state index in [-0.39, 0.29) is 5.91 Å². The van der Waals surface area contributed by atoms with Crippen LogP contribution in [-0.2, 0) is 0 Å². The number of amides is 1. The molecule has 3 aromatic rings. The van der Waals surface area contributed by atoms with Gasteiger partial charge >= 0.3 is 0 Å². The standard InChI is InChI=1S/C16H13BrN2O2S/c1-9-7-11(4-5-12(9)17)19-16(20)14-15(21-8-18-14)13-6-3-10(2)22-13/h3-8H,1-2H3,(H,19,20). The Hall–Kier alpha value is -1.92. The van der Waals surface area contributed by atoms with Gasteiger partial charge in [-0.05, 0) is 49.7 Å². The van der Waals surface area contributed by atoms with Gasteiger partial charge in [-0.2, -0.15) is 0 Å². The fourth-order valence-corrected chi connectivity index (χ4v) is 3.16. The number of aryl methyl sites for hydroxylation is 2. The highest BCUT2D eigenvalue weighted by Gasteiger charge is 2.19. The van der Waals surface area contributed by atoms with E-state index in [2.05, 4.69) is 26.2 Å². The van der Waals surface area contributed by atoms with E-state index in [1.165, 1.54) is 6.39 Å². The first kappa shape index (κ1) is 15.0. The molecule has 0 aliphatic carbocycles. The second-order valence-electron chi connectivity index (χ2n) is 4.86. The van der Waals surface area contributed by atoms with E-state index in [4.69, 9.17) is 4.42 Å². The van der Waals surface area contributed by atoms with Crippen molar-refractivity contribution in [2.24, 2.45) is 0 Å². The summed E-state index contributed by atoms with van der Waals surface area (Å²) in [5, 5.41) is 2.85. The van der Waals surface area contributed by atoms with E-state index in [9.17, 15) is 4.79 Å². The minimum atomic E-state index is -0.281. The van der Waals surface area contributed by atoms with Crippen molar-refractivity contribution < 1.29 is 9.21 Å². The number of hydrogen-bond donors (Lipinski definition) is 1. The molecular formula is C16H13BrN2O2S.